The van der Waals surface area contributed by atoms with Gasteiger partial charge in [0.1, 0.15) is 0 Å². The molecule has 0 aromatic heterocycles. The minimum absolute atomic E-state index is 0. The average molecular weight is 294 g/mol. The second kappa shape index (κ2) is 9.12. The minimum Gasteiger partial charge on any atom is -0.378 e. The zero-order chi connectivity index (χ0) is 13.5. The van der Waals surface area contributed by atoms with Crippen molar-refractivity contribution < 1.29 is 14.3 Å². The van der Waals surface area contributed by atoms with Crippen molar-refractivity contribution in [3.05, 3.63) is 0 Å². The minimum atomic E-state index is -0.511. The molecule has 1 rings (SSSR count). The predicted octanol–water partition coefficient (Wildman–Crippen LogP) is -0.243. The van der Waals surface area contributed by atoms with Gasteiger partial charge < -0.3 is 20.7 Å². The monoisotopic (exact) mass is 293 g/mol. The molecule has 0 radical (unpaired) electrons. The van der Waals surface area contributed by atoms with Crippen molar-refractivity contribution in [3.63, 3.8) is 0 Å². The normalized spacial score (nSPS) is 16.7. The fraction of sp³-hybridized carbons (Fsp3) is 0.833. The molecule has 3 N–H and O–H groups in total. The number of nitrogens with two attached hydrogens (primary N) is 1. The third-order valence-electron chi connectivity index (χ3n) is 3.02. The van der Waals surface area contributed by atoms with E-state index in [1.165, 1.54) is 0 Å². The molecule has 0 aliphatic carbocycles. The van der Waals surface area contributed by atoms with Crippen LogP contribution in [-0.4, -0.2) is 55.6 Å². The molecule has 112 valence electrons. The predicted molar refractivity (Wildman–Crippen MR) is 75.1 cm³/mol. The standard InChI is InChI=1S/C12H23N3O3.ClH/c1-9(2)11(13)12(17)14-4-3-10(16)15-5-7-18-8-6-15;/h9,11H,3-8,13H2,1-2H3,(H,14,17);1H/t11-;/m1./s1. The summed E-state index contributed by atoms with van der Waals surface area (Å²) in [6, 6.07) is -0.511. The first-order valence-electron chi connectivity index (χ1n) is 6.41. The number of nitrogens with one attached hydrogen (secondary N) is 1. The number of halogens is 1. The zero-order valence-electron chi connectivity index (χ0n) is 11.6. The Labute approximate surface area is 120 Å². The summed E-state index contributed by atoms with van der Waals surface area (Å²) >= 11 is 0. The van der Waals surface area contributed by atoms with Crippen molar-refractivity contribution in [3.8, 4) is 0 Å². The second-order valence-corrected chi connectivity index (χ2v) is 4.80. The molecule has 0 aromatic rings. The molecule has 0 saturated carbocycles. The lowest BCUT2D eigenvalue weighted by Crippen LogP contribution is -2.46. The molecule has 1 aliphatic heterocycles. The lowest BCUT2D eigenvalue weighted by Gasteiger charge is -2.27. The van der Waals surface area contributed by atoms with E-state index in [4.69, 9.17) is 10.5 Å². The van der Waals surface area contributed by atoms with Crippen molar-refractivity contribution in [2.75, 3.05) is 32.8 Å². The molecule has 6 nitrogen and oxygen atoms in total. The summed E-state index contributed by atoms with van der Waals surface area (Å²) in [5.41, 5.74) is 5.70. The largest absolute Gasteiger partial charge is 0.378 e. The van der Waals surface area contributed by atoms with Gasteiger partial charge in [0.2, 0.25) is 11.8 Å². The second-order valence-electron chi connectivity index (χ2n) is 4.80. The Bertz CT molecular complexity index is 294. The third-order valence-corrected chi connectivity index (χ3v) is 3.02. The number of morpholine rings is 1. The van der Waals surface area contributed by atoms with Gasteiger partial charge in [-0.15, -0.1) is 12.4 Å². The number of hydrogen-bond acceptors (Lipinski definition) is 4. The Morgan fingerprint density at radius 2 is 1.89 bits per heavy atom. The first-order valence-corrected chi connectivity index (χ1v) is 6.41. The van der Waals surface area contributed by atoms with Crippen molar-refractivity contribution in [1.29, 1.82) is 0 Å². The van der Waals surface area contributed by atoms with Crippen LogP contribution in [0.5, 0.6) is 0 Å². The van der Waals surface area contributed by atoms with Crippen LogP contribution in [0, 0.1) is 5.92 Å². The highest BCUT2D eigenvalue weighted by molar-refractivity contribution is 5.85. The lowest BCUT2D eigenvalue weighted by molar-refractivity contribution is -0.135. The maximum absolute atomic E-state index is 11.8. The van der Waals surface area contributed by atoms with Crippen LogP contribution in [0.2, 0.25) is 0 Å². The molecule has 1 fully saturated rings. The summed E-state index contributed by atoms with van der Waals surface area (Å²) in [5.74, 6) is -0.0450. The molecule has 19 heavy (non-hydrogen) atoms. The molecule has 2 amide bonds. The highest BCUT2D eigenvalue weighted by Crippen LogP contribution is 2.00. The zero-order valence-corrected chi connectivity index (χ0v) is 12.4. The van der Waals surface area contributed by atoms with Crippen LogP contribution in [0.25, 0.3) is 0 Å². The van der Waals surface area contributed by atoms with E-state index >= 15 is 0 Å². The number of ether oxygens (including phenoxy) is 1. The number of hydrogen-bond donors (Lipinski definition) is 2. The molecule has 1 atom stereocenters. The summed E-state index contributed by atoms with van der Waals surface area (Å²) in [5, 5.41) is 2.69. The van der Waals surface area contributed by atoms with Gasteiger partial charge in [-0.1, -0.05) is 13.8 Å². The van der Waals surface area contributed by atoms with Crippen molar-refractivity contribution in [2.24, 2.45) is 11.7 Å². The van der Waals surface area contributed by atoms with Crippen LogP contribution < -0.4 is 11.1 Å². The Balaban J connectivity index is 0.00000324. The molecular formula is C12H24ClN3O3. The summed E-state index contributed by atoms with van der Waals surface area (Å²) in [7, 11) is 0. The van der Waals surface area contributed by atoms with Crippen molar-refractivity contribution in [2.45, 2.75) is 26.3 Å². The van der Waals surface area contributed by atoms with E-state index in [9.17, 15) is 9.59 Å². The van der Waals surface area contributed by atoms with Crippen molar-refractivity contribution in [1.82, 2.24) is 10.2 Å². The van der Waals surface area contributed by atoms with E-state index in [1.54, 1.807) is 4.90 Å². The number of rotatable bonds is 5. The quantitative estimate of drug-likeness (QED) is 0.732. The van der Waals surface area contributed by atoms with Crippen LogP contribution in [0.3, 0.4) is 0 Å². The van der Waals surface area contributed by atoms with Crippen molar-refractivity contribution >= 4 is 24.2 Å². The molecule has 0 unspecified atom stereocenters. The van der Waals surface area contributed by atoms with E-state index in [2.05, 4.69) is 5.32 Å². The first-order chi connectivity index (χ1) is 8.52. The average Bonchev–Trinajstić information content (AvgIpc) is 2.38. The maximum atomic E-state index is 11.8. The van der Waals surface area contributed by atoms with Gasteiger partial charge in [0.15, 0.2) is 0 Å². The molecular weight excluding hydrogens is 270 g/mol. The van der Waals surface area contributed by atoms with E-state index in [0.29, 0.717) is 39.3 Å². The summed E-state index contributed by atoms with van der Waals surface area (Å²) in [4.78, 5) is 25.1. The molecule has 1 aliphatic rings. The van der Waals surface area contributed by atoms with E-state index in [-0.39, 0.29) is 30.1 Å². The van der Waals surface area contributed by atoms with Crippen LogP contribution >= 0.6 is 12.4 Å². The Hall–Kier alpha value is -0.850. The SMILES string of the molecule is CC(C)[C@@H](N)C(=O)NCCC(=O)N1CCOCC1.Cl. The fourth-order valence-electron chi connectivity index (χ4n) is 1.68. The molecule has 1 heterocycles. The Morgan fingerprint density at radius 3 is 2.42 bits per heavy atom. The number of carbonyl (C=O) groups is 2. The summed E-state index contributed by atoms with van der Waals surface area (Å²) in [6.07, 6.45) is 0.316. The summed E-state index contributed by atoms with van der Waals surface area (Å²) < 4.78 is 5.17. The molecule has 0 aromatic carbocycles. The van der Waals surface area contributed by atoms with E-state index in [0.717, 1.165) is 0 Å². The van der Waals surface area contributed by atoms with Gasteiger partial charge in [-0.25, -0.2) is 0 Å². The summed E-state index contributed by atoms with van der Waals surface area (Å²) in [6.45, 7) is 6.59. The van der Waals surface area contributed by atoms with Crippen LogP contribution in [-0.2, 0) is 14.3 Å². The van der Waals surface area contributed by atoms with Crippen LogP contribution in [0.1, 0.15) is 20.3 Å². The number of amides is 2. The Kier molecular flexibility index (Phi) is 8.71. The molecule has 1 saturated heterocycles. The fourth-order valence-corrected chi connectivity index (χ4v) is 1.68. The maximum Gasteiger partial charge on any atom is 0.237 e. The van der Waals surface area contributed by atoms with Gasteiger partial charge in [0.05, 0.1) is 19.3 Å². The lowest BCUT2D eigenvalue weighted by atomic mass is 10.1. The van der Waals surface area contributed by atoms with Gasteiger partial charge >= 0.3 is 0 Å². The van der Waals surface area contributed by atoms with Gasteiger partial charge in [-0.2, -0.15) is 0 Å². The molecule has 0 spiro atoms. The smallest absolute Gasteiger partial charge is 0.237 e. The van der Waals surface area contributed by atoms with Crippen LogP contribution in [0.15, 0.2) is 0 Å². The van der Waals surface area contributed by atoms with Gasteiger partial charge in [0.25, 0.3) is 0 Å². The highest BCUT2D eigenvalue weighted by atomic mass is 35.5. The topological polar surface area (TPSA) is 84.7 Å². The molecule has 7 heteroatoms. The van der Waals surface area contributed by atoms with E-state index < -0.39 is 6.04 Å². The first kappa shape index (κ1) is 18.1. The van der Waals surface area contributed by atoms with Gasteiger partial charge in [-0.3, -0.25) is 9.59 Å². The van der Waals surface area contributed by atoms with Gasteiger partial charge in [0, 0.05) is 26.1 Å². The number of nitrogens with zero attached hydrogens (tertiary/aromatic N) is 1. The van der Waals surface area contributed by atoms with Gasteiger partial charge in [-0.05, 0) is 5.92 Å². The Morgan fingerprint density at radius 1 is 1.32 bits per heavy atom. The highest BCUT2D eigenvalue weighted by Gasteiger charge is 2.19. The number of carbonyl (C=O) groups excluding carboxylic acids is 2. The van der Waals surface area contributed by atoms with E-state index in [1.807, 2.05) is 13.8 Å². The third kappa shape index (κ3) is 6.22. The van der Waals surface area contributed by atoms with Crippen LogP contribution in [0.4, 0.5) is 0 Å². The molecule has 0 bridgehead atoms.